The van der Waals surface area contributed by atoms with E-state index in [2.05, 4.69) is 40.5 Å². The number of para-hydroxylation sites is 1. The molecular formula is C35H21Cl2N5OS. The van der Waals surface area contributed by atoms with Crippen LogP contribution in [0.25, 0.3) is 49.2 Å². The van der Waals surface area contributed by atoms with E-state index >= 15 is 0 Å². The first kappa shape index (κ1) is 26.8. The summed E-state index contributed by atoms with van der Waals surface area (Å²) in [6, 6.07) is 39.9. The van der Waals surface area contributed by atoms with E-state index < -0.39 is 0 Å². The second-order valence-electron chi connectivity index (χ2n) is 10.3. The second-order valence-corrected chi connectivity index (χ2v) is 12.1. The summed E-state index contributed by atoms with van der Waals surface area (Å²) in [6.07, 6.45) is 0. The normalized spacial score (nSPS) is 11.6. The Morgan fingerprint density at radius 1 is 0.682 bits per heavy atom. The van der Waals surface area contributed by atoms with Gasteiger partial charge < -0.3 is 4.42 Å². The largest absolute Gasteiger partial charge is 0.454 e. The van der Waals surface area contributed by atoms with Crippen LogP contribution in [0.1, 0.15) is 22.9 Å². The maximum Gasteiger partial charge on any atom is 0.235 e. The molecule has 0 aliphatic heterocycles. The smallest absolute Gasteiger partial charge is 0.235 e. The molecule has 0 unspecified atom stereocenters. The molecule has 8 rings (SSSR count). The summed E-state index contributed by atoms with van der Waals surface area (Å²) >= 11 is 14.1. The molecule has 0 bridgehead atoms. The average Bonchev–Trinajstić information content (AvgIpc) is 3.80. The van der Waals surface area contributed by atoms with Crippen LogP contribution in [0.4, 0.5) is 0 Å². The van der Waals surface area contributed by atoms with E-state index in [1.807, 2.05) is 83.4 Å². The highest BCUT2D eigenvalue weighted by molar-refractivity contribution is 7.19. The first-order chi connectivity index (χ1) is 21.6. The lowest BCUT2D eigenvalue weighted by molar-refractivity contribution is 0.595. The van der Waals surface area contributed by atoms with E-state index in [0.29, 0.717) is 32.2 Å². The monoisotopic (exact) mass is 629 g/mol. The minimum Gasteiger partial charge on any atom is -0.454 e. The fourth-order valence-corrected chi connectivity index (χ4v) is 6.87. The van der Waals surface area contributed by atoms with Crippen LogP contribution in [-0.2, 0) is 0 Å². The van der Waals surface area contributed by atoms with Gasteiger partial charge in [-0.2, -0.15) is 9.61 Å². The number of benzene rings is 4. The summed E-state index contributed by atoms with van der Waals surface area (Å²) in [5, 5.41) is 17.2. The SMILES string of the molecule is Clc1ccc(-c2ccc(-c3cc(-c4nn5c(C(c6ccccc6)c6ccccc6)nnc5s4)c4ccccc4n3)o2)c(Cl)c1. The lowest BCUT2D eigenvalue weighted by Gasteiger charge is -2.15. The van der Waals surface area contributed by atoms with Crippen molar-refractivity contribution in [3.63, 3.8) is 0 Å². The molecule has 0 aliphatic carbocycles. The van der Waals surface area contributed by atoms with Gasteiger partial charge in [0.1, 0.15) is 16.5 Å². The summed E-state index contributed by atoms with van der Waals surface area (Å²) in [5.74, 6) is 1.88. The number of hydrogen-bond acceptors (Lipinski definition) is 6. The molecule has 0 N–H and O–H groups in total. The van der Waals surface area contributed by atoms with Gasteiger partial charge in [-0.25, -0.2) is 4.98 Å². The fraction of sp³-hybridized carbons (Fsp3) is 0.0286. The Morgan fingerprint density at radius 3 is 2.14 bits per heavy atom. The molecule has 0 atom stereocenters. The van der Waals surface area contributed by atoms with Gasteiger partial charge in [0.2, 0.25) is 4.96 Å². The van der Waals surface area contributed by atoms with Crippen LogP contribution in [-0.4, -0.2) is 24.8 Å². The van der Waals surface area contributed by atoms with Gasteiger partial charge >= 0.3 is 0 Å². The quantitative estimate of drug-likeness (QED) is 0.183. The number of aromatic nitrogens is 5. The third-order valence-corrected chi connectivity index (χ3v) is 9.02. The molecule has 0 saturated carbocycles. The summed E-state index contributed by atoms with van der Waals surface area (Å²) in [6.45, 7) is 0. The molecule has 0 saturated heterocycles. The number of halogens is 2. The Bertz CT molecular complexity index is 2240. The van der Waals surface area contributed by atoms with Crippen molar-refractivity contribution in [1.82, 2.24) is 24.8 Å². The van der Waals surface area contributed by atoms with E-state index in [0.717, 1.165) is 44.0 Å². The molecule has 0 spiro atoms. The highest BCUT2D eigenvalue weighted by Crippen LogP contribution is 2.39. The summed E-state index contributed by atoms with van der Waals surface area (Å²) in [4.78, 5) is 5.65. The Labute approximate surface area is 266 Å². The van der Waals surface area contributed by atoms with Gasteiger partial charge in [0.05, 0.1) is 16.5 Å². The number of hydrogen-bond donors (Lipinski definition) is 0. The average molecular weight is 631 g/mol. The zero-order valence-corrected chi connectivity index (χ0v) is 25.3. The van der Waals surface area contributed by atoms with Gasteiger partial charge in [-0.15, -0.1) is 10.2 Å². The van der Waals surface area contributed by atoms with E-state index in [4.69, 9.17) is 37.7 Å². The predicted octanol–water partition coefficient (Wildman–Crippen LogP) is 9.81. The van der Waals surface area contributed by atoms with Crippen LogP contribution in [0.2, 0.25) is 10.0 Å². The minimum absolute atomic E-state index is 0.131. The second kappa shape index (κ2) is 11.0. The lowest BCUT2D eigenvalue weighted by atomic mass is 9.91. The molecular weight excluding hydrogens is 609 g/mol. The molecule has 4 aromatic carbocycles. The molecule has 0 amide bonds. The molecule has 0 aliphatic rings. The van der Waals surface area contributed by atoms with Gasteiger partial charge in [-0.05, 0) is 53.6 Å². The standard InChI is InChI=1S/C35H21Cl2N5OS/c36-23-15-16-25(27(37)19-23)30-17-18-31(43-30)29-20-26(24-13-7-8-14-28(24)38-29)34-41-42-33(39-40-35(42)44-34)32(21-9-3-1-4-10-21)22-11-5-2-6-12-22/h1-20,32H. The molecule has 6 nitrogen and oxygen atoms in total. The van der Waals surface area contributed by atoms with Crippen LogP contribution in [0, 0.1) is 0 Å². The first-order valence-electron chi connectivity index (χ1n) is 13.9. The van der Waals surface area contributed by atoms with Gasteiger partial charge in [-0.1, -0.05) is 113 Å². The zero-order chi connectivity index (χ0) is 29.6. The van der Waals surface area contributed by atoms with Crippen molar-refractivity contribution in [1.29, 1.82) is 0 Å². The van der Waals surface area contributed by atoms with Crippen molar-refractivity contribution in [2.75, 3.05) is 0 Å². The molecule has 4 heterocycles. The minimum atomic E-state index is -0.131. The summed E-state index contributed by atoms with van der Waals surface area (Å²) < 4.78 is 8.14. The highest BCUT2D eigenvalue weighted by Gasteiger charge is 2.25. The van der Waals surface area contributed by atoms with Crippen LogP contribution in [0.5, 0.6) is 0 Å². The number of rotatable bonds is 6. The predicted molar refractivity (Wildman–Crippen MR) is 176 cm³/mol. The Kier molecular flexibility index (Phi) is 6.71. The van der Waals surface area contributed by atoms with Crippen molar-refractivity contribution >= 4 is 50.4 Å². The Balaban J connectivity index is 1.26. The van der Waals surface area contributed by atoms with Crippen LogP contribution in [0.15, 0.2) is 126 Å². The Hall–Kier alpha value is -4.82. The fourth-order valence-electron chi connectivity index (χ4n) is 5.49. The lowest BCUT2D eigenvalue weighted by Crippen LogP contribution is -2.08. The number of furan rings is 1. The third kappa shape index (κ3) is 4.75. The molecule has 8 aromatic rings. The maximum atomic E-state index is 6.46. The van der Waals surface area contributed by atoms with Crippen molar-refractivity contribution < 1.29 is 4.42 Å². The van der Waals surface area contributed by atoms with Crippen molar-refractivity contribution in [3.8, 4) is 33.3 Å². The van der Waals surface area contributed by atoms with Gasteiger partial charge in [0.15, 0.2) is 11.6 Å². The Morgan fingerprint density at radius 2 is 1.39 bits per heavy atom. The molecule has 9 heteroatoms. The van der Waals surface area contributed by atoms with E-state index in [1.165, 1.54) is 11.3 Å². The van der Waals surface area contributed by atoms with Crippen molar-refractivity contribution in [3.05, 3.63) is 148 Å². The molecule has 4 aromatic heterocycles. The molecule has 44 heavy (non-hydrogen) atoms. The molecule has 0 fully saturated rings. The van der Waals surface area contributed by atoms with E-state index in [9.17, 15) is 0 Å². The van der Waals surface area contributed by atoms with Crippen LogP contribution >= 0.6 is 34.5 Å². The summed E-state index contributed by atoms with van der Waals surface area (Å²) in [5.41, 5.74) is 5.45. The van der Waals surface area contributed by atoms with Crippen LogP contribution in [0.3, 0.4) is 0 Å². The molecule has 0 radical (unpaired) electrons. The van der Waals surface area contributed by atoms with Gasteiger partial charge in [-0.3, -0.25) is 0 Å². The topological polar surface area (TPSA) is 69.1 Å². The summed E-state index contributed by atoms with van der Waals surface area (Å²) in [7, 11) is 0. The third-order valence-electron chi connectivity index (χ3n) is 7.54. The zero-order valence-electron chi connectivity index (χ0n) is 22.9. The number of fused-ring (bicyclic) bond motifs is 2. The first-order valence-corrected chi connectivity index (χ1v) is 15.5. The molecule has 212 valence electrons. The van der Waals surface area contributed by atoms with E-state index in [-0.39, 0.29) is 5.92 Å². The van der Waals surface area contributed by atoms with Crippen molar-refractivity contribution in [2.45, 2.75) is 5.92 Å². The highest BCUT2D eigenvalue weighted by atomic mass is 35.5. The number of nitrogens with zero attached hydrogens (tertiary/aromatic N) is 5. The van der Waals surface area contributed by atoms with Crippen molar-refractivity contribution in [2.24, 2.45) is 0 Å². The maximum absolute atomic E-state index is 6.46. The number of pyridine rings is 1. The van der Waals surface area contributed by atoms with Gasteiger partial charge in [0.25, 0.3) is 0 Å². The van der Waals surface area contributed by atoms with Gasteiger partial charge in [0, 0.05) is 21.5 Å². The van der Waals surface area contributed by atoms with E-state index in [1.54, 1.807) is 12.1 Å². The van der Waals surface area contributed by atoms with Crippen LogP contribution < -0.4 is 0 Å².